The summed E-state index contributed by atoms with van der Waals surface area (Å²) in [6, 6.07) is 7.11. The van der Waals surface area contributed by atoms with Crippen LogP contribution in [0.25, 0.3) is 0 Å². The number of rotatable bonds is 3. The number of nitrogens with one attached hydrogen (secondary N) is 2. The summed E-state index contributed by atoms with van der Waals surface area (Å²) in [5.74, 6) is 0.466. The second-order valence-electron chi connectivity index (χ2n) is 7.55. The fourth-order valence-corrected chi connectivity index (χ4v) is 2.91. The highest BCUT2D eigenvalue weighted by Crippen LogP contribution is 2.24. The Hall–Kier alpha value is -2.04. The molecule has 5 heteroatoms. The first-order valence-electron chi connectivity index (χ1n) is 8.65. The van der Waals surface area contributed by atoms with E-state index in [9.17, 15) is 9.59 Å². The van der Waals surface area contributed by atoms with Crippen LogP contribution in [0.4, 0.5) is 10.5 Å². The van der Waals surface area contributed by atoms with Crippen molar-refractivity contribution in [2.75, 3.05) is 5.32 Å². The Morgan fingerprint density at radius 3 is 2.29 bits per heavy atom. The maximum absolute atomic E-state index is 12.4. The highest BCUT2D eigenvalue weighted by Gasteiger charge is 2.23. The summed E-state index contributed by atoms with van der Waals surface area (Å²) in [6.45, 7) is 7.63. The molecule has 2 atom stereocenters. The fourth-order valence-electron chi connectivity index (χ4n) is 2.91. The van der Waals surface area contributed by atoms with Crippen LogP contribution in [0.5, 0.6) is 0 Å². The minimum absolute atomic E-state index is 0.0578. The van der Waals surface area contributed by atoms with Gasteiger partial charge in [0.25, 0.3) is 5.91 Å². The first-order chi connectivity index (χ1) is 11.2. The summed E-state index contributed by atoms with van der Waals surface area (Å²) in [5, 5.41) is 5.79. The molecule has 0 aliphatic heterocycles. The molecule has 24 heavy (non-hydrogen) atoms. The Kier molecular flexibility index (Phi) is 5.86. The van der Waals surface area contributed by atoms with Crippen LogP contribution >= 0.6 is 0 Å². The van der Waals surface area contributed by atoms with Gasteiger partial charge >= 0.3 is 6.09 Å². The predicted molar refractivity (Wildman–Crippen MR) is 95.2 cm³/mol. The zero-order valence-electron chi connectivity index (χ0n) is 15.0. The summed E-state index contributed by atoms with van der Waals surface area (Å²) in [4.78, 5) is 24.1. The van der Waals surface area contributed by atoms with Gasteiger partial charge in [0.15, 0.2) is 0 Å². The number of carbonyl (C=O) groups is 2. The van der Waals surface area contributed by atoms with Crippen LogP contribution in [0.15, 0.2) is 24.3 Å². The number of hydrogen-bond donors (Lipinski definition) is 2. The number of ether oxygens (including phenoxy) is 1. The Labute approximate surface area is 144 Å². The predicted octanol–water partition coefficient (Wildman–Crippen LogP) is 4.34. The molecule has 132 valence electrons. The molecule has 0 saturated heterocycles. The van der Waals surface area contributed by atoms with Crippen LogP contribution in [0.3, 0.4) is 0 Å². The second-order valence-corrected chi connectivity index (χ2v) is 7.55. The Bertz CT molecular complexity index is 575. The van der Waals surface area contributed by atoms with E-state index in [-0.39, 0.29) is 11.9 Å². The van der Waals surface area contributed by atoms with Crippen molar-refractivity contribution in [3.8, 4) is 0 Å². The first-order valence-corrected chi connectivity index (χ1v) is 8.65. The van der Waals surface area contributed by atoms with Crippen molar-refractivity contribution >= 4 is 17.7 Å². The highest BCUT2D eigenvalue weighted by atomic mass is 16.6. The lowest BCUT2D eigenvalue weighted by Gasteiger charge is -2.29. The van der Waals surface area contributed by atoms with Crippen molar-refractivity contribution in [3.63, 3.8) is 0 Å². The van der Waals surface area contributed by atoms with Gasteiger partial charge in [0, 0.05) is 17.3 Å². The maximum Gasteiger partial charge on any atom is 0.412 e. The van der Waals surface area contributed by atoms with E-state index in [0.717, 1.165) is 6.42 Å². The van der Waals surface area contributed by atoms with Gasteiger partial charge in [-0.2, -0.15) is 0 Å². The van der Waals surface area contributed by atoms with E-state index < -0.39 is 11.7 Å². The third-order valence-electron chi connectivity index (χ3n) is 4.22. The maximum atomic E-state index is 12.4. The molecule has 2 rings (SSSR count). The van der Waals surface area contributed by atoms with E-state index in [1.54, 1.807) is 24.3 Å². The van der Waals surface area contributed by atoms with Crippen LogP contribution in [-0.2, 0) is 4.74 Å². The molecule has 5 nitrogen and oxygen atoms in total. The third kappa shape index (κ3) is 5.55. The molecule has 0 aromatic heterocycles. The van der Waals surface area contributed by atoms with Crippen molar-refractivity contribution in [3.05, 3.63) is 29.8 Å². The van der Waals surface area contributed by atoms with Crippen LogP contribution in [0.1, 0.15) is 63.7 Å². The van der Waals surface area contributed by atoms with Crippen LogP contribution < -0.4 is 10.6 Å². The van der Waals surface area contributed by atoms with Crippen molar-refractivity contribution in [2.45, 2.75) is 65.0 Å². The molecule has 0 bridgehead atoms. The number of carbonyl (C=O) groups excluding carboxylic acids is 2. The minimum atomic E-state index is -0.541. The van der Waals surface area contributed by atoms with Crippen molar-refractivity contribution in [2.24, 2.45) is 5.92 Å². The lowest BCUT2D eigenvalue weighted by atomic mass is 9.86. The van der Waals surface area contributed by atoms with E-state index in [4.69, 9.17) is 4.74 Å². The van der Waals surface area contributed by atoms with Gasteiger partial charge in [-0.25, -0.2) is 4.79 Å². The smallest absolute Gasteiger partial charge is 0.412 e. The number of anilines is 1. The highest BCUT2D eigenvalue weighted by molar-refractivity contribution is 5.95. The summed E-state index contributed by atoms with van der Waals surface area (Å²) in [7, 11) is 0. The van der Waals surface area contributed by atoms with Crippen molar-refractivity contribution < 1.29 is 14.3 Å². The molecule has 1 aliphatic rings. The molecule has 0 heterocycles. The standard InChI is InChI=1S/C19H28N2O3/c1-13-7-5-6-8-16(13)21-17(22)14-9-11-15(12-10-14)20-18(23)24-19(2,3)4/h9-13,16H,5-8H2,1-4H3,(H,20,23)(H,21,22)/t13-,16-/m0/s1. The lowest BCUT2D eigenvalue weighted by molar-refractivity contribution is 0.0635. The van der Waals surface area contributed by atoms with E-state index in [1.165, 1.54) is 19.3 Å². The monoisotopic (exact) mass is 332 g/mol. The molecular weight excluding hydrogens is 304 g/mol. The molecule has 2 N–H and O–H groups in total. The summed E-state index contributed by atoms with van der Waals surface area (Å²) < 4.78 is 5.20. The zero-order chi connectivity index (χ0) is 17.7. The molecule has 2 amide bonds. The van der Waals surface area contributed by atoms with Gasteiger partial charge in [-0.05, 0) is 63.8 Å². The topological polar surface area (TPSA) is 67.4 Å². The summed E-state index contributed by atoms with van der Waals surface area (Å²) >= 11 is 0. The summed E-state index contributed by atoms with van der Waals surface area (Å²) in [5.41, 5.74) is 0.662. The van der Waals surface area contributed by atoms with Gasteiger partial charge in [0.2, 0.25) is 0 Å². The van der Waals surface area contributed by atoms with Gasteiger partial charge < -0.3 is 10.1 Å². The van der Waals surface area contributed by atoms with Gasteiger partial charge in [0.1, 0.15) is 5.60 Å². The van der Waals surface area contributed by atoms with Crippen LogP contribution in [0.2, 0.25) is 0 Å². The number of benzene rings is 1. The number of amides is 2. The molecule has 1 aromatic rings. The summed E-state index contributed by atoms with van der Waals surface area (Å²) in [6.07, 6.45) is 4.14. The molecular formula is C19H28N2O3. The SMILES string of the molecule is C[C@H]1CCCC[C@@H]1NC(=O)c1ccc(NC(=O)OC(C)(C)C)cc1. The van der Waals surface area contributed by atoms with E-state index >= 15 is 0 Å². The lowest BCUT2D eigenvalue weighted by Crippen LogP contribution is -2.41. The van der Waals surface area contributed by atoms with Gasteiger partial charge in [0.05, 0.1) is 0 Å². The average Bonchev–Trinajstić information content (AvgIpc) is 2.48. The van der Waals surface area contributed by atoms with Gasteiger partial charge in [-0.15, -0.1) is 0 Å². The zero-order valence-corrected chi connectivity index (χ0v) is 15.0. The Balaban J connectivity index is 1.91. The molecule has 0 spiro atoms. The molecule has 1 fully saturated rings. The van der Waals surface area contributed by atoms with E-state index in [2.05, 4.69) is 17.6 Å². The van der Waals surface area contributed by atoms with E-state index in [1.807, 2.05) is 20.8 Å². The fraction of sp³-hybridized carbons (Fsp3) is 0.579. The molecule has 1 aliphatic carbocycles. The normalized spacial score (nSPS) is 21.0. The number of hydrogen-bond acceptors (Lipinski definition) is 3. The quantitative estimate of drug-likeness (QED) is 0.865. The Morgan fingerprint density at radius 1 is 1.08 bits per heavy atom. The van der Waals surface area contributed by atoms with Crippen LogP contribution in [0, 0.1) is 5.92 Å². The van der Waals surface area contributed by atoms with Crippen LogP contribution in [-0.4, -0.2) is 23.6 Å². The first kappa shape index (κ1) is 18.3. The third-order valence-corrected chi connectivity index (χ3v) is 4.22. The Morgan fingerprint density at radius 2 is 1.71 bits per heavy atom. The molecule has 1 aromatic carbocycles. The second kappa shape index (κ2) is 7.69. The minimum Gasteiger partial charge on any atom is -0.444 e. The molecule has 1 saturated carbocycles. The van der Waals surface area contributed by atoms with Crippen molar-refractivity contribution in [1.29, 1.82) is 0 Å². The van der Waals surface area contributed by atoms with Gasteiger partial charge in [-0.1, -0.05) is 19.8 Å². The molecule has 0 unspecified atom stereocenters. The largest absolute Gasteiger partial charge is 0.444 e. The van der Waals surface area contributed by atoms with Crippen molar-refractivity contribution in [1.82, 2.24) is 5.32 Å². The van der Waals surface area contributed by atoms with Gasteiger partial charge in [-0.3, -0.25) is 10.1 Å². The van der Waals surface area contributed by atoms with E-state index in [0.29, 0.717) is 17.2 Å². The molecule has 0 radical (unpaired) electrons. The average molecular weight is 332 g/mol.